The van der Waals surface area contributed by atoms with Gasteiger partial charge in [0.05, 0.1) is 6.26 Å². The number of amides is 1. The van der Waals surface area contributed by atoms with Crippen molar-refractivity contribution in [3.8, 4) is 11.5 Å². The Balaban J connectivity index is 1.62. The Hall–Kier alpha value is -1.80. The monoisotopic (exact) mass is 340 g/mol. The third-order valence-electron chi connectivity index (χ3n) is 4.22. The van der Waals surface area contributed by atoms with Crippen LogP contribution in [0.4, 0.5) is 0 Å². The fourth-order valence-corrected chi connectivity index (χ4v) is 3.54. The van der Waals surface area contributed by atoms with Gasteiger partial charge in [0.15, 0.2) is 11.5 Å². The van der Waals surface area contributed by atoms with Gasteiger partial charge in [-0.05, 0) is 37.0 Å². The lowest BCUT2D eigenvalue weighted by Crippen LogP contribution is -2.41. The maximum Gasteiger partial charge on any atom is 0.251 e. The third kappa shape index (κ3) is 3.94. The van der Waals surface area contributed by atoms with E-state index in [1.54, 1.807) is 18.2 Å². The van der Waals surface area contributed by atoms with Crippen molar-refractivity contribution >= 4 is 15.9 Å². The Kier molecular flexibility index (Phi) is 4.45. The number of benzene rings is 1. The van der Waals surface area contributed by atoms with Crippen molar-refractivity contribution < 1.29 is 22.7 Å². The van der Waals surface area contributed by atoms with Crippen molar-refractivity contribution in [2.75, 3.05) is 19.6 Å². The van der Waals surface area contributed by atoms with Gasteiger partial charge in [0.1, 0.15) is 0 Å². The van der Waals surface area contributed by atoms with Crippen LogP contribution in [0, 0.1) is 5.92 Å². The van der Waals surface area contributed by atoms with Crippen LogP contribution in [0.5, 0.6) is 11.5 Å². The van der Waals surface area contributed by atoms with Gasteiger partial charge in [0.2, 0.25) is 16.8 Å². The van der Waals surface area contributed by atoms with Crippen LogP contribution < -0.4 is 19.5 Å². The van der Waals surface area contributed by atoms with E-state index >= 15 is 0 Å². The quantitative estimate of drug-likeness (QED) is 0.829. The molecular weight excluding hydrogens is 320 g/mol. The zero-order valence-electron chi connectivity index (χ0n) is 12.9. The maximum absolute atomic E-state index is 12.4. The molecule has 0 aromatic heterocycles. The smallest absolute Gasteiger partial charge is 0.251 e. The molecule has 1 aromatic rings. The number of carbonyl (C=O) groups is 1. The van der Waals surface area contributed by atoms with Gasteiger partial charge >= 0.3 is 0 Å². The van der Waals surface area contributed by atoms with Gasteiger partial charge in [-0.25, -0.2) is 13.1 Å². The first-order chi connectivity index (χ1) is 10.9. The highest BCUT2D eigenvalue weighted by molar-refractivity contribution is 7.88. The normalized spacial score (nSPS) is 23.0. The van der Waals surface area contributed by atoms with Gasteiger partial charge in [0, 0.05) is 18.2 Å². The Morgan fingerprint density at radius 2 is 2.04 bits per heavy atom. The topological polar surface area (TPSA) is 93.7 Å². The zero-order valence-corrected chi connectivity index (χ0v) is 13.7. The fourth-order valence-electron chi connectivity index (χ4n) is 3.02. The van der Waals surface area contributed by atoms with Crippen molar-refractivity contribution in [3.05, 3.63) is 23.8 Å². The van der Waals surface area contributed by atoms with E-state index in [4.69, 9.17) is 9.47 Å². The first kappa shape index (κ1) is 16.1. The molecule has 1 aromatic carbocycles. The van der Waals surface area contributed by atoms with Gasteiger partial charge in [-0.3, -0.25) is 4.79 Å². The van der Waals surface area contributed by atoms with E-state index < -0.39 is 10.0 Å². The number of nitrogens with one attached hydrogen (secondary N) is 2. The summed E-state index contributed by atoms with van der Waals surface area (Å²) in [6.45, 7) is 0.521. The van der Waals surface area contributed by atoms with Gasteiger partial charge in [0.25, 0.3) is 5.91 Å². The standard InChI is InChI=1S/C15H20N2O5S/c1-23(19,20)16-8-11-3-2-4-12(11)17-15(18)10-5-6-13-14(7-10)22-9-21-13/h5-7,11-12,16H,2-4,8-9H2,1H3,(H,17,18)/t11-,12-/m1/s1. The Labute approximate surface area is 135 Å². The van der Waals surface area contributed by atoms with E-state index in [9.17, 15) is 13.2 Å². The predicted molar refractivity (Wildman–Crippen MR) is 84.0 cm³/mol. The molecule has 3 rings (SSSR count). The maximum atomic E-state index is 12.4. The summed E-state index contributed by atoms with van der Waals surface area (Å²) in [5, 5.41) is 3.00. The minimum atomic E-state index is -3.22. The SMILES string of the molecule is CS(=O)(=O)NC[C@H]1CCC[C@H]1NC(=O)c1ccc2c(c1)OCO2. The molecule has 126 valence electrons. The minimum Gasteiger partial charge on any atom is -0.454 e. The number of sulfonamides is 1. The molecule has 1 aliphatic carbocycles. The van der Waals surface area contributed by atoms with E-state index in [0.29, 0.717) is 23.6 Å². The summed E-state index contributed by atoms with van der Waals surface area (Å²) in [6, 6.07) is 5.05. The molecule has 0 saturated heterocycles. The van der Waals surface area contributed by atoms with Crippen LogP contribution in [-0.2, 0) is 10.0 Å². The Morgan fingerprint density at radius 1 is 1.26 bits per heavy atom. The van der Waals surface area contributed by atoms with E-state index in [0.717, 1.165) is 25.5 Å². The summed E-state index contributed by atoms with van der Waals surface area (Å²) in [7, 11) is -3.22. The highest BCUT2D eigenvalue weighted by Gasteiger charge is 2.29. The van der Waals surface area contributed by atoms with Crippen LogP contribution in [0.1, 0.15) is 29.6 Å². The molecule has 2 aliphatic rings. The van der Waals surface area contributed by atoms with E-state index in [-0.39, 0.29) is 24.7 Å². The largest absolute Gasteiger partial charge is 0.454 e. The van der Waals surface area contributed by atoms with E-state index in [1.165, 1.54) is 0 Å². The van der Waals surface area contributed by atoms with Gasteiger partial charge in [-0.15, -0.1) is 0 Å². The Bertz CT molecular complexity index is 704. The number of fused-ring (bicyclic) bond motifs is 1. The molecule has 1 fully saturated rings. The average Bonchev–Trinajstić information content (AvgIpc) is 3.12. The molecule has 1 heterocycles. The lowest BCUT2D eigenvalue weighted by atomic mass is 10.0. The summed E-state index contributed by atoms with van der Waals surface area (Å²) in [5.74, 6) is 1.14. The second-order valence-electron chi connectivity index (χ2n) is 5.96. The van der Waals surface area contributed by atoms with Gasteiger partial charge in [-0.2, -0.15) is 0 Å². The predicted octanol–water partition coefficient (Wildman–Crippen LogP) is 0.863. The highest BCUT2D eigenvalue weighted by atomic mass is 32.2. The number of rotatable bonds is 5. The second kappa shape index (κ2) is 6.37. The van der Waals surface area contributed by atoms with Gasteiger partial charge in [-0.1, -0.05) is 6.42 Å². The van der Waals surface area contributed by atoms with Crippen LogP contribution in [0.15, 0.2) is 18.2 Å². The molecule has 7 nitrogen and oxygen atoms in total. The van der Waals surface area contributed by atoms with Crippen LogP contribution >= 0.6 is 0 Å². The van der Waals surface area contributed by atoms with Crippen LogP contribution in [-0.4, -0.2) is 40.0 Å². The average molecular weight is 340 g/mol. The summed E-state index contributed by atoms with van der Waals surface area (Å²) in [5.41, 5.74) is 0.510. The minimum absolute atomic E-state index is 0.0258. The summed E-state index contributed by atoms with van der Waals surface area (Å²) >= 11 is 0. The first-order valence-corrected chi connectivity index (χ1v) is 9.47. The molecule has 1 amide bonds. The van der Waals surface area contributed by atoms with Crippen LogP contribution in [0.25, 0.3) is 0 Å². The highest BCUT2D eigenvalue weighted by Crippen LogP contribution is 2.32. The molecule has 1 saturated carbocycles. The molecule has 2 atom stereocenters. The summed E-state index contributed by atoms with van der Waals surface area (Å²) < 4.78 is 35.5. The van der Waals surface area contributed by atoms with Gasteiger partial charge < -0.3 is 14.8 Å². The third-order valence-corrected chi connectivity index (χ3v) is 4.91. The second-order valence-corrected chi connectivity index (χ2v) is 7.79. The van der Waals surface area contributed by atoms with E-state index in [2.05, 4.69) is 10.0 Å². The lowest BCUT2D eigenvalue weighted by Gasteiger charge is -2.21. The summed E-state index contributed by atoms with van der Waals surface area (Å²) in [6.07, 6.45) is 3.87. The molecule has 0 unspecified atom stereocenters. The molecule has 0 spiro atoms. The lowest BCUT2D eigenvalue weighted by molar-refractivity contribution is 0.0928. The Morgan fingerprint density at radius 3 is 2.83 bits per heavy atom. The van der Waals surface area contributed by atoms with Crippen molar-refractivity contribution in [3.63, 3.8) is 0 Å². The molecule has 23 heavy (non-hydrogen) atoms. The van der Waals surface area contributed by atoms with Crippen LogP contribution in [0.2, 0.25) is 0 Å². The number of hydrogen-bond acceptors (Lipinski definition) is 5. The molecule has 1 aliphatic heterocycles. The number of carbonyl (C=O) groups excluding carboxylic acids is 1. The molecule has 0 radical (unpaired) electrons. The van der Waals surface area contributed by atoms with Crippen molar-refractivity contribution in [1.29, 1.82) is 0 Å². The molecule has 0 bridgehead atoms. The molecule has 2 N–H and O–H groups in total. The van der Waals surface area contributed by atoms with Crippen molar-refractivity contribution in [1.82, 2.24) is 10.0 Å². The fraction of sp³-hybridized carbons (Fsp3) is 0.533. The zero-order chi connectivity index (χ0) is 16.4. The molecular formula is C15H20N2O5S. The first-order valence-electron chi connectivity index (χ1n) is 7.57. The number of hydrogen-bond donors (Lipinski definition) is 2. The van der Waals surface area contributed by atoms with Crippen molar-refractivity contribution in [2.45, 2.75) is 25.3 Å². The van der Waals surface area contributed by atoms with E-state index in [1.807, 2.05) is 0 Å². The van der Waals surface area contributed by atoms with Crippen molar-refractivity contribution in [2.24, 2.45) is 5.92 Å². The summed E-state index contributed by atoms with van der Waals surface area (Å²) in [4.78, 5) is 12.4. The molecule has 8 heteroatoms. The van der Waals surface area contributed by atoms with Crippen LogP contribution in [0.3, 0.4) is 0 Å². The number of ether oxygens (including phenoxy) is 2.